The van der Waals surface area contributed by atoms with Gasteiger partial charge in [-0.25, -0.2) is 4.98 Å². The molecule has 4 rings (SSSR count). The number of aromatic nitrogens is 3. The standard InChI is InChI=1S/C27H30N4O3Si/c1-27(2,3)35(4,5)34-18-19-8-6-9-21(16-19)31-17-23(24(32)22-10-7-13-29-25(22)31)26(33)30-20-11-14-28-15-12-20/h6-17H,18H2,1-5H3,(H,28,30,33). The third-order valence-electron chi connectivity index (χ3n) is 6.54. The molecule has 3 heterocycles. The minimum Gasteiger partial charge on any atom is -0.413 e. The summed E-state index contributed by atoms with van der Waals surface area (Å²) < 4.78 is 8.19. The van der Waals surface area contributed by atoms with Crippen molar-refractivity contribution in [2.45, 2.75) is 45.5 Å². The largest absolute Gasteiger partial charge is 0.413 e. The second kappa shape index (κ2) is 9.56. The van der Waals surface area contributed by atoms with Crippen molar-refractivity contribution in [3.05, 3.63) is 94.7 Å². The number of rotatable bonds is 6. The van der Waals surface area contributed by atoms with Crippen LogP contribution in [0.3, 0.4) is 0 Å². The van der Waals surface area contributed by atoms with Gasteiger partial charge in [0, 0.05) is 36.2 Å². The molecular formula is C27H30N4O3Si. The van der Waals surface area contributed by atoms with Gasteiger partial charge in [0.15, 0.2) is 8.32 Å². The van der Waals surface area contributed by atoms with Crippen molar-refractivity contribution >= 4 is 30.9 Å². The molecule has 1 amide bonds. The Hall–Kier alpha value is -3.62. The first-order valence-electron chi connectivity index (χ1n) is 11.5. The summed E-state index contributed by atoms with van der Waals surface area (Å²) in [6, 6.07) is 14.6. The molecule has 0 radical (unpaired) electrons. The van der Waals surface area contributed by atoms with Crippen LogP contribution in [0.1, 0.15) is 36.7 Å². The van der Waals surface area contributed by atoms with Crippen molar-refractivity contribution in [3.8, 4) is 5.69 Å². The fourth-order valence-corrected chi connectivity index (χ4v) is 4.39. The molecule has 35 heavy (non-hydrogen) atoms. The lowest BCUT2D eigenvalue weighted by Crippen LogP contribution is -2.40. The fraction of sp³-hybridized carbons (Fsp3) is 0.259. The molecule has 3 aromatic heterocycles. The van der Waals surface area contributed by atoms with Gasteiger partial charge in [-0.3, -0.25) is 14.6 Å². The van der Waals surface area contributed by atoms with Crippen molar-refractivity contribution in [2.75, 3.05) is 5.32 Å². The first-order valence-corrected chi connectivity index (χ1v) is 14.4. The number of amides is 1. The topological polar surface area (TPSA) is 86.1 Å². The molecule has 0 aliphatic rings. The highest BCUT2D eigenvalue weighted by atomic mass is 28.4. The van der Waals surface area contributed by atoms with E-state index in [0.29, 0.717) is 23.3 Å². The van der Waals surface area contributed by atoms with Crippen LogP contribution in [0.2, 0.25) is 18.1 Å². The van der Waals surface area contributed by atoms with Gasteiger partial charge >= 0.3 is 0 Å². The van der Waals surface area contributed by atoms with Gasteiger partial charge < -0.3 is 14.3 Å². The lowest BCUT2D eigenvalue weighted by Gasteiger charge is -2.36. The van der Waals surface area contributed by atoms with Gasteiger partial charge in [-0.05, 0) is 60.1 Å². The zero-order chi connectivity index (χ0) is 25.2. The van der Waals surface area contributed by atoms with Crippen LogP contribution in [0, 0.1) is 0 Å². The maximum atomic E-state index is 13.2. The molecule has 0 unspecified atom stereocenters. The molecule has 8 heteroatoms. The van der Waals surface area contributed by atoms with Crippen LogP contribution in [-0.2, 0) is 11.0 Å². The van der Waals surface area contributed by atoms with Crippen molar-refractivity contribution in [1.29, 1.82) is 0 Å². The van der Waals surface area contributed by atoms with Gasteiger partial charge in [-0.1, -0.05) is 32.9 Å². The SMILES string of the molecule is CC(C)(C)[Si](C)(C)OCc1cccc(-n2cc(C(=O)Nc3ccncc3)c(=O)c3cccnc32)c1. The highest BCUT2D eigenvalue weighted by Gasteiger charge is 2.37. The first-order chi connectivity index (χ1) is 16.6. The Morgan fingerprint density at radius 2 is 1.80 bits per heavy atom. The zero-order valence-electron chi connectivity index (χ0n) is 20.7. The Morgan fingerprint density at radius 1 is 1.06 bits per heavy atom. The van der Waals surface area contributed by atoms with E-state index in [4.69, 9.17) is 4.43 Å². The normalized spacial score (nSPS) is 12.0. The summed E-state index contributed by atoms with van der Waals surface area (Å²) in [5.41, 5.74) is 2.52. The Labute approximate surface area is 206 Å². The first kappa shape index (κ1) is 24.5. The van der Waals surface area contributed by atoms with Crippen LogP contribution >= 0.6 is 0 Å². The molecule has 0 aliphatic heterocycles. The van der Waals surface area contributed by atoms with Gasteiger partial charge in [0.25, 0.3) is 5.91 Å². The van der Waals surface area contributed by atoms with Crippen LogP contribution in [-0.4, -0.2) is 28.8 Å². The van der Waals surface area contributed by atoms with E-state index >= 15 is 0 Å². The van der Waals surface area contributed by atoms with Gasteiger partial charge in [0.05, 0.1) is 12.0 Å². The van der Waals surface area contributed by atoms with Crippen molar-refractivity contribution in [2.24, 2.45) is 0 Å². The predicted octanol–water partition coefficient (Wildman–Crippen LogP) is 5.55. The minimum atomic E-state index is -1.91. The Bertz CT molecular complexity index is 1430. The number of hydrogen-bond donors (Lipinski definition) is 1. The number of anilines is 1. The fourth-order valence-electron chi connectivity index (χ4n) is 3.43. The second-order valence-electron chi connectivity index (χ2n) is 10.0. The van der Waals surface area contributed by atoms with E-state index in [2.05, 4.69) is 49.1 Å². The summed E-state index contributed by atoms with van der Waals surface area (Å²) in [6.45, 7) is 11.6. The van der Waals surface area contributed by atoms with E-state index in [-0.39, 0.29) is 16.0 Å². The van der Waals surface area contributed by atoms with Crippen LogP contribution in [0.15, 0.2) is 78.1 Å². The number of pyridine rings is 3. The van der Waals surface area contributed by atoms with Crippen LogP contribution in [0.5, 0.6) is 0 Å². The Kier molecular flexibility index (Phi) is 6.69. The van der Waals surface area contributed by atoms with E-state index in [1.807, 2.05) is 24.3 Å². The minimum absolute atomic E-state index is 0.0326. The number of carbonyl (C=O) groups excluding carboxylic acids is 1. The third kappa shape index (κ3) is 5.23. The monoisotopic (exact) mass is 486 g/mol. The Morgan fingerprint density at radius 3 is 2.51 bits per heavy atom. The molecule has 0 aliphatic carbocycles. The molecule has 7 nitrogen and oxygen atoms in total. The molecule has 180 valence electrons. The van der Waals surface area contributed by atoms with Gasteiger partial charge in [-0.2, -0.15) is 0 Å². The van der Waals surface area contributed by atoms with Crippen molar-refractivity contribution in [3.63, 3.8) is 0 Å². The summed E-state index contributed by atoms with van der Waals surface area (Å²) >= 11 is 0. The van der Waals surface area contributed by atoms with Gasteiger partial charge in [-0.15, -0.1) is 0 Å². The summed E-state index contributed by atoms with van der Waals surface area (Å²) in [5.74, 6) is -0.488. The molecule has 0 spiro atoms. The number of hydrogen-bond acceptors (Lipinski definition) is 5. The summed E-state index contributed by atoms with van der Waals surface area (Å²) in [7, 11) is -1.91. The molecule has 0 saturated carbocycles. The van der Waals surface area contributed by atoms with Crippen molar-refractivity contribution < 1.29 is 9.22 Å². The second-order valence-corrected chi connectivity index (χ2v) is 14.8. The van der Waals surface area contributed by atoms with Gasteiger partial charge in [0.1, 0.15) is 11.2 Å². The number of fused-ring (bicyclic) bond motifs is 1. The molecule has 0 fully saturated rings. The number of nitrogens with one attached hydrogen (secondary N) is 1. The highest BCUT2D eigenvalue weighted by molar-refractivity contribution is 6.74. The highest BCUT2D eigenvalue weighted by Crippen LogP contribution is 2.37. The van der Waals surface area contributed by atoms with Crippen LogP contribution in [0.4, 0.5) is 5.69 Å². The Balaban J connectivity index is 1.74. The van der Waals surface area contributed by atoms with E-state index in [1.54, 1.807) is 53.6 Å². The smallest absolute Gasteiger partial charge is 0.261 e. The molecule has 4 aromatic rings. The van der Waals surface area contributed by atoms with Crippen molar-refractivity contribution in [1.82, 2.24) is 14.5 Å². The average Bonchev–Trinajstić information content (AvgIpc) is 2.83. The third-order valence-corrected chi connectivity index (χ3v) is 11.0. The molecular weight excluding hydrogens is 456 g/mol. The predicted molar refractivity (Wildman–Crippen MR) is 142 cm³/mol. The van der Waals surface area contributed by atoms with Crippen LogP contribution < -0.4 is 10.7 Å². The maximum Gasteiger partial charge on any atom is 0.261 e. The van der Waals surface area contributed by atoms with E-state index in [0.717, 1.165) is 11.3 Å². The molecule has 0 bridgehead atoms. The quantitative estimate of drug-likeness (QED) is 0.361. The lowest BCUT2D eigenvalue weighted by molar-refractivity contribution is 0.102. The molecule has 1 aromatic carbocycles. The maximum absolute atomic E-state index is 13.2. The zero-order valence-corrected chi connectivity index (χ0v) is 21.7. The summed E-state index contributed by atoms with van der Waals surface area (Å²) in [6.07, 6.45) is 6.35. The number of nitrogens with zero attached hydrogens (tertiary/aromatic N) is 3. The molecule has 0 atom stereocenters. The summed E-state index contributed by atoms with van der Waals surface area (Å²) in [5, 5.41) is 3.26. The summed E-state index contributed by atoms with van der Waals surface area (Å²) in [4.78, 5) is 34.6. The van der Waals surface area contributed by atoms with Crippen LogP contribution in [0.25, 0.3) is 16.7 Å². The van der Waals surface area contributed by atoms with E-state index < -0.39 is 14.2 Å². The number of benzene rings is 1. The molecule has 1 N–H and O–H groups in total. The molecule has 0 saturated heterocycles. The lowest BCUT2D eigenvalue weighted by atomic mass is 10.1. The van der Waals surface area contributed by atoms with E-state index in [1.165, 1.54) is 0 Å². The average molecular weight is 487 g/mol. The number of carbonyl (C=O) groups is 1. The van der Waals surface area contributed by atoms with Gasteiger partial charge in [0.2, 0.25) is 5.43 Å². The van der Waals surface area contributed by atoms with E-state index in [9.17, 15) is 9.59 Å².